The molecular weight excluding hydrogens is 379 g/mol. The van der Waals surface area contributed by atoms with Gasteiger partial charge in [-0.1, -0.05) is 6.07 Å². The van der Waals surface area contributed by atoms with Gasteiger partial charge in [0.25, 0.3) is 0 Å². The number of aryl methyl sites for hydroxylation is 1. The number of hydrogen-bond acceptors (Lipinski definition) is 3. The summed E-state index contributed by atoms with van der Waals surface area (Å²) in [6.45, 7) is 7.26. The molecule has 1 fully saturated rings. The smallest absolute Gasteiger partial charge is 0.191 e. The minimum atomic E-state index is 0. The van der Waals surface area contributed by atoms with E-state index in [1.54, 1.807) is 0 Å². The third-order valence-electron chi connectivity index (χ3n) is 3.37. The standard InChI is InChI=1S/C15H24N4O.HI/c1-3-16-15(18-10-13-7-5-9-20-13)19-11-14-12(2)6-4-8-17-14;/h4,6,8,13H,3,5,7,9-11H2,1-2H3,(H2,16,18,19);1H. The lowest BCUT2D eigenvalue weighted by molar-refractivity contribution is 0.114. The van der Waals surface area contributed by atoms with Gasteiger partial charge in [-0.05, 0) is 38.3 Å². The van der Waals surface area contributed by atoms with Crippen LogP contribution in [-0.2, 0) is 11.3 Å². The van der Waals surface area contributed by atoms with E-state index in [1.807, 2.05) is 12.3 Å². The predicted molar refractivity (Wildman–Crippen MR) is 96.2 cm³/mol. The highest BCUT2D eigenvalue weighted by Crippen LogP contribution is 2.10. The van der Waals surface area contributed by atoms with Crippen LogP contribution in [0, 0.1) is 6.92 Å². The van der Waals surface area contributed by atoms with Gasteiger partial charge in [0.2, 0.25) is 0 Å². The lowest BCUT2D eigenvalue weighted by atomic mass is 10.2. The second-order valence-electron chi connectivity index (χ2n) is 4.98. The van der Waals surface area contributed by atoms with Crippen molar-refractivity contribution in [3.63, 3.8) is 0 Å². The first-order valence-electron chi connectivity index (χ1n) is 7.34. The van der Waals surface area contributed by atoms with Crippen molar-refractivity contribution in [3.05, 3.63) is 29.6 Å². The summed E-state index contributed by atoms with van der Waals surface area (Å²) in [6, 6.07) is 4.01. The van der Waals surface area contributed by atoms with E-state index in [4.69, 9.17) is 4.74 Å². The van der Waals surface area contributed by atoms with Gasteiger partial charge in [-0.2, -0.15) is 0 Å². The summed E-state index contributed by atoms with van der Waals surface area (Å²) in [6.07, 6.45) is 4.42. The molecule has 0 bridgehead atoms. The number of pyridine rings is 1. The normalized spacial score (nSPS) is 18.2. The zero-order valence-electron chi connectivity index (χ0n) is 12.8. The molecule has 2 N–H and O–H groups in total. The molecule has 6 heteroatoms. The minimum Gasteiger partial charge on any atom is -0.376 e. The van der Waals surface area contributed by atoms with E-state index in [9.17, 15) is 0 Å². The molecule has 0 aliphatic carbocycles. The Morgan fingerprint density at radius 3 is 3.00 bits per heavy atom. The monoisotopic (exact) mass is 404 g/mol. The van der Waals surface area contributed by atoms with Gasteiger partial charge in [-0.3, -0.25) is 4.98 Å². The molecule has 1 aliphatic rings. The highest BCUT2D eigenvalue weighted by molar-refractivity contribution is 14.0. The summed E-state index contributed by atoms with van der Waals surface area (Å²) in [5.74, 6) is 0.827. The molecule has 1 saturated heterocycles. The Hall–Kier alpha value is -0.890. The summed E-state index contributed by atoms with van der Waals surface area (Å²) >= 11 is 0. The zero-order valence-corrected chi connectivity index (χ0v) is 15.1. The van der Waals surface area contributed by atoms with Crippen LogP contribution in [0.3, 0.4) is 0 Å². The van der Waals surface area contributed by atoms with Gasteiger partial charge in [0.1, 0.15) is 0 Å². The van der Waals surface area contributed by atoms with E-state index < -0.39 is 0 Å². The second-order valence-corrected chi connectivity index (χ2v) is 4.98. The maximum Gasteiger partial charge on any atom is 0.191 e. The Kier molecular flexibility index (Phi) is 8.60. The van der Waals surface area contributed by atoms with Crippen molar-refractivity contribution < 1.29 is 4.74 Å². The molecule has 118 valence electrons. The summed E-state index contributed by atoms with van der Waals surface area (Å²) in [5, 5.41) is 6.59. The van der Waals surface area contributed by atoms with E-state index in [2.05, 4.69) is 40.5 Å². The first-order valence-corrected chi connectivity index (χ1v) is 7.34. The predicted octanol–water partition coefficient (Wildman–Crippen LogP) is 2.24. The quantitative estimate of drug-likeness (QED) is 0.449. The number of aliphatic imine (C=N–C) groups is 1. The molecule has 1 aromatic heterocycles. The lowest BCUT2D eigenvalue weighted by Crippen LogP contribution is -2.41. The Bertz CT molecular complexity index is 447. The van der Waals surface area contributed by atoms with E-state index in [-0.39, 0.29) is 24.0 Å². The fraction of sp³-hybridized carbons (Fsp3) is 0.600. The Balaban J connectivity index is 0.00000220. The van der Waals surface area contributed by atoms with E-state index in [0.29, 0.717) is 12.6 Å². The summed E-state index contributed by atoms with van der Waals surface area (Å²) in [4.78, 5) is 8.94. The largest absolute Gasteiger partial charge is 0.376 e. The number of aromatic nitrogens is 1. The van der Waals surface area contributed by atoms with Gasteiger partial charge in [0.05, 0.1) is 18.3 Å². The molecule has 0 radical (unpaired) electrons. The molecule has 0 aromatic carbocycles. The maximum atomic E-state index is 5.61. The fourth-order valence-electron chi connectivity index (χ4n) is 2.20. The molecule has 2 heterocycles. The third-order valence-corrected chi connectivity index (χ3v) is 3.37. The molecule has 0 amide bonds. The van der Waals surface area contributed by atoms with Crippen molar-refractivity contribution >= 4 is 29.9 Å². The van der Waals surface area contributed by atoms with E-state index in [1.165, 1.54) is 5.56 Å². The molecule has 1 unspecified atom stereocenters. The third kappa shape index (κ3) is 6.17. The van der Waals surface area contributed by atoms with Crippen LogP contribution in [0.4, 0.5) is 0 Å². The number of ether oxygens (including phenoxy) is 1. The van der Waals surface area contributed by atoms with Gasteiger partial charge >= 0.3 is 0 Å². The van der Waals surface area contributed by atoms with Crippen molar-refractivity contribution in [2.24, 2.45) is 4.99 Å². The van der Waals surface area contributed by atoms with Crippen LogP contribution in [0.15, 0.2) is 23.3 Å². The van der Waals surface area contributed by atoms with Crippen LogP contribution < -0.4 is 10.6 Å². The molecular formula is C15H25IN4O. The molecule has 1 atom stereocenters. The highest BCUT2D eigenvalue weighted by atomic mass is 127. The van der Waals surface area contributed by atoms with Crippen LogP contribution in [0.25, 0.3) is 0 Å². The SMILES string of the molecule is CCNC(=NCc1ncccc1C)NCC1CCCO1.I. The molecule has 1 aliphatic heterocycles. The van der Waals surface area contributed by atoms with Crippen LogP contribution >= 0.6 is 24.0 Å². The Morgan fingerprint density at radius 2 is 2.33 bits per heavy atom. The number of nitrogens with one attached hydrogen (secondary N) is 2. The number of halogens is 1. The number of rotatable bonds is 5. The number of nitrogens with zero attached hydrogens (tertiary/aromatic N) is 2. The zero-order chi connectivity index (χ0) is 14.2. The van der Waals surface area contributed by atoms with Crippen molar-refractivity contribution in [1.82, 2.24) is 15.6 Å². The fourth-order valence-corrected chi connectivity index (χ4v) is 2.20. The van der Waals surface area contributed by atoms with Gasteiger partial charge in [0.15, 0.2) is 5.96 Å². The maximum absolute atomic E-state index is 5.61. The van der Waals surface area contributed by atoms with Crippen molar-refractivity contribution in [3.8, 4) is 0 Å². The molecule has 21 heavy (non-hydrogen) atoms. The number of hydrogen-bond donors (Lipinski definition) is 2. The summed E-state index contributed by atoms with van der Waals surface area (Å²) < 4.78 is 5.61. The average Bonchev–Trinajstić information content (AvgIpc) is 2.97. The van der Waals surface area contributed by atoms with E-state index in [0.717, 1.165) is 44.2 Å². The molecule has 0 spiro atoms. The van der Waals surface area contributed by atoms with Crippen molar-refractivity contribution in [1.29, 1.82) is 0 Å². The van der Waals surface area contributed by atoms with Gasteiger partial charge in [-0.25, -0.2) is 4.99 Å². The van der Waals surface area contributed by atoms with Crippen LogP contribution in [0.1, 0.15) is 31.0 Å². The minimum absolute atomic E-state index is 0. The topological polar surface area (TPSA) is 58.5 Å². The second kappa shape index (κ2) is 9.94. The van der Waals surface area contributed by atoms with Crippen LogP contribution in [-0.4, -0.2) is 36.7 Å². The van der Waals surface area contributed by atoms with Crippen LogP contribution in [0.2, 0.25) is 0 Å². The van der Waals surface area contributed by atoms with E-state index >= 15 is 0 Å². The molecule has 0 saturated carbocycles. The van der Waals surface area contributed by atoms with Crippen molar-refractivity contribution in [2.75, 3.05) is 19.7 Å². The van der Waals surface area contributed by atoms with Gasteiger partial charge in [0, 0.05) is 25.9 Å². The van der Waals surface area contributed by atoms with Crippen LogP contribution in [0.5, 0.6) is 0 Å². The first kappa shape index (κ1) is 18.2. The molecule has 2 rings (SSSR count). The first-order chi connectivity index (χ1) is 9.79. The Labute approximate surface area is 144 Å². The van der Waals surface area contributed by atoms with Crippen molar-refractivity contribution in [2.45, 2.75) is 39.3 Å². The number of guanidine groups is 1. The summed E-state index contributed by atoms with van der Waals surface area (Å²) in [7, 11) is 0. The average molecular weight is 404 g/mol. The highest BCUT2D eigenvalue weighted by Gasteiger charge is 2.15. The molecule has 5 nitrogen and oxygen atoms in total. The summed E-state index contributed by atoms with van der Waals surface area (Å²) in [5.41, 5.74) is 2.19. The molecule has 1 aromatic rings. The lowest BCUT2D eigenvalue weighted by Gasteiger charge is -2.14. The van der Waals surface area contributed by atoms with Gasteiger partial charge in [-0.15, -0.1) is 24.0 Å². The Morgan fingerprint density at radius 1 is 1.48 bits per heavy atom. The van der Waals surface area contributed by atoms with Gasteiger partial charge < -0.3 is 15.4 Å².